The van der Waals surface area contributed by atoms with Gasteiger partial charge in [-0.15, -0.1) is 0 Å². The molecule has 22 heavy (non-hydrogen) atoms. The monoisotopic (exact) mass is 303 g/mol. The highest BCUT2D eigenvalue weighted by molar-refractivity contribution is 6.39. The van der Waals surface area contributed by atoms with E-state index >= 15 is 0 Å². The van der Waals surface area contributed by atoms with Crippen molar-refractivity contribution >= 4 is 17.5 Å². The fourth-order valence-corrected chi connectivity index (χ4v) is 3.02. The Bertz CT molecular complexity index is 537. The minimum Gasteiger partial charge on any atom is -0.346 e. The lowest BCUT2D eigenvalue weighted by molar-refractivity contribution is -0.136. The second-order valence-corrected chi connectivity index (χ2v) is 5.86. The molecular formula is C17H25N3O2. The molecular weight excluding hydrogens is 278 g/mol. The summed E-state index contributed by atoms with van der Waals surface area (Å²) >= 11 is 0. The lowest BCUT2D eigenvalue weighted by Crippen LogP contribution is -2.43. The molecule has 1 fully saturated rings. The summed E-state index contributed by atoms with van der Waals surface area (Å²) in [5.41, 5.74) is 2.63. The highest BCUT2D eigenvalue weighted by Gasteiger charge is 2.24. The Morgan fingerprint density at radius 3 is 2.55 bits per heavy atom. The number of carbonyl (C=O) groups is 2. The van der Waals surface area contributed by atoms with Crippen LogP contribution in [-0.4, -0.2) is 42.4 Å². The molecule has 2 N–H and O–H groups in total. The Kier molecular flexibility index (Phi) is 5.55. The van der Waals surface area contributed by atoms with Crippen molar-refractivity contribution in [3.63, 3.8) is 0 Å². The van der Waals surface area contributed by atoms with Crippen LogP contribution in [0.15, 0.2) is 18.2 Å². The third kappa shape index (κ3) is 3.85. The quantitative estimate of drug-likeness (QED) is 0.834. The Morgan fingerprint density at radius 1 is 1.23 bits per heavy atom. The zero-order chi connectivity index (χ0) is 16.1. The van der Waals surface area contributed by atoms with Gasteiger partial charge in [0.2, 0.25) is 0 Å². The van der Waals surface area contributed by atoms with Crippen LogP contribution < -0.4 is 10.6 Å². The number of para-hydroxylation sites is 1. The summed E-state index contributed by atoms with van der Waals surface area (Å²) in [5, 5.41) is 5.47. The Labute approximate surface area is 132 Å². The summed E-state index contributed by atoms with van der Waals surface area (Å²) in [7, 11) is 0. The van der Waals surface area contributed by atoms with E-state index in [1.165, 1.54) is 0 Å². The highest BCUT2D eigenvalue weighted by atomic mass is 16.2. The average Bonchev–Trinajstić information content (AvgIpc) is 2.96. The SMILES string of the molecule is CCN1CCC[C@@H]1CNC(=O)C(=O)Nc1c(C)cccc1C. The molecule has 0 bridgehead atoms. The first-order chi connectivity index (χ1) is 10.5. The van der Waals surface area contributed by atoms with Gasteiger partial charge in [0.25, 0.3) is 0 Å². The molecule has 0 radical (unpaired) electrons. The van der Waals surface area contributed by atoms with Gasteiger partial charge in [0.1, 0.15) is 0 Å². The Morgan fingerprint density at radius 2 is 1.91 bits per heavy atom. The fraction of sp³-hybridized carbons (Fsp3) is 0.529. The van der Waals surface area contributed by atoms with Gasteiger partial charge in [0, 0.05) is 18.3 Å². The number of amides is 2. The second-order valence-electron chi connectivity index (χ2n) is 5.86. The average molecular weight is 303 g/mol. The van der Waals surface area contributed by atoms with Gasteiger partial charge in [-0.2, -0.15) is 0 Å². The first-order valence-corrected chi connectivity index (χ1v) is 7.92. The number of nitrogens with zero attached hydrogens (tertiary/aromatic N) is 1. The molecule has 1 aromatic carbocycles. The van der Waals surface area contributed by atoms with Crippen LogP contribution in [0.2, 0.25) is 0 Å². The van der Waals surface area contributed by atoms with Crippen molar-refractivity contribution in [2.24, 2.45) is 0 Å². The fourth-order valence-electron chi connectivity index (χ4n) is 3.02. The molecule has 5 nitrogen and oxygen atoms in total. The smallest absolute Gasteiger partial charge is 0.313 e. The molecule has 1 aromatic rings. The summed E-state index contributed by atoms with van der Waals surface area (Å²) in [4.78, 5) is 26.4. The first kappa shape index (κ1) is 16.5. The maximum atomic E-state index is 12.0. The molecule has 1 aliphatic rings. The van der Waals surface area contributed by atoms with Crippen LogP contribution in [0.25, 0.3) is 0 Å². The number of benzene rings is 1. The van der Waals surface area contributed by atoms with Crippen molar-refractivity contribution in [1.29, 1.82) is 0 Å². The molecule has 0 unspecified atom stereocenters. The molecule has 0 aromatic heterocycles. The van der Waals surface area contributed by atoms with Crippen LogP contribution >= 0.6 is 0 Å². The third-order valence-corrected chi connectivity index (χ3v) is 4.33. The lowest BCUT2D eigenvalue weighted by Gasteiger charge is -2.22. The molecule has 5 heteroatoms. The van der Waals surface area contributed by atoms with Crippen LogP contribution in [-0.2, 0) is 9.59 Å². The Hall–Kier alpha value is -1.88. The van der Waals surface area contributed by atoms with E-state index in [2.05, 4.69) is 22.5 Å². The molecule has 0 spiro atoms. The number of rotatable bonds is 4. The summed E-state index contributed by atoms with van der Waals surface area (Å²) in [6, 6.07) is 6.11. The molecule has 1 atom stereocenters. The van der Waals surface area contributed by atoms with Gasteiger partial charge in [-0.25, -0.2) is 0 Å². The molecule has 0 saturated carbocycles. The third-order valence-electron chi connectivity index (χ3n) is 4.33. The summed E-state index contributed by atoms with van der Waals surface area (Å²) < 4.78 is 0. The van der Waals surface area contributed by atoms with Crippen LogP contribution in [0.1, 0.15) is 30.9 Å². The molecule has 1 saturated heterocycles. The largest absolute Gasteiger partial charge is 0.346 e. The number of nitrogens with one attached hydrogen (secondary N) is 2. The highest BCUT2D eigenvalue weighted by Crippen LogP contribution is 2.19. The number of anilines is 1. The van der Waals surface area contributed by atoms with E-state index in [1.54, 1.807) is 0 Å². The van der Waals surface area contributed by atoms with Crippen LogP contribution in [0.4, 0.5) is 5.69 Å². The first-order valence-electron chi connectivity index (χ1n) is 7.92. The van der Waals surface area contributed by atoms with E-state index in [-0.39, 0.29) is 0 Å². The van der Waals surface area contributed by atoms with Crippen molar-refractivity contribution in [2.75, 3.05) is 25.0 Å². The van der Waals surface area contributed by atoms with Crippen LogP contribution in [0.3, 0.4) is 0 Å². The zero-order valence-corrected chi connectivity index (χ0v) is 13.6. The molecule has 0 aliphatic carbocycles. The lowest BCUT2D eigenvalue weighted by atomic mass is 10.1. The van der Waals surface area contributed by atoms with Crippen molar-refractivity contribution in [2.45, 2.75) is 39.7 Å². The standard InChI is InChI=1S/C17H25N3O2/c1-4-20-10-6-9-14(20)11-18-16(21)17(22)19-15-12(2)7-5-8-13(15)3/h5,7-8,14H,4,6,9-11H2,1-3H3,(H,18,21)(H,19,22)/t14-/m1/s1. The minimum atomic E-state index is -0.599. The molecule has 1 heterocycles. The van der Waals surface area contributed by atoms with Crippen molar-refractivity contribution < 1.29 is 9.59 Å². The van der Waals surface area contributed by atoms with E-state index in [4.69, 9.17) is 0 Å². The minimum absolute atomic E-state index is 0.349. The summed E-state index contributed by atoms with van der Waals surface area (Å²) in [6.45, 7) is 8.54. The molecule has 1 aliphatic heterocycles. The van der Waals surface area contributed by atoms with Gasteiger partial charge in [0.15, 0.2) is 0 Å². The van der Waals surface area contributed by atoms with Crippen molar-refractivity contribution in [3.8, 4) is 0 Å². The topological polar surface area (TPSA) is 61.4 Å². The van der Waals surface area contributed by atoms with E-state index in [9.17, 15) is 9.59 Å². The van der Waals surface area contributed by atoms with E-state index in [0.29, 0.717) is 12.6 Å². The van der Waals surface area contributed by atoms with E-state index in [1.807, 2.05) is 32.0 Å². The van der Waals surface area contributed by atoms with Gasteiger partial charge in [-0.05, 0) is 50.9 Å². The number of likely N-dealkylation sites (N-methyl/N-ethyl adjacent to an activating group) is 1. The Balaban J connectivity index is 1.89. The van der Waals surface area contributed by atoms with E-state index < -0.39 is 11.8 Å². The van der Waals surface area contributed by atoms with Gasteiger partial charge < -0.3 is 10.6 Å². The zero-order valence-electron chi connectivity index (χ0n) is 13.6. The predicted molar refractivity (Wildman–Crippen MR) is 87.8 cm³/mol. The maximum Gasteiger partial charge on any atom is 0.313 e. The number of carbonyl (C=O) groups excluding carboxylic acids is 2. The van der Waals surface area contributed by atoms with Gasteiger partial charge in [0.05, 0.1) is 0 Å². The van der Waals surface area contributed by atoms with Crippen LogP contribution in [0.5, 0.6) is 0 Å². The van der Waals surface area contributed by atoms with Gasteiger partial charge >= 0.3 is 11.8 Å². The maximum absolute atomic E-state index is 12.0. The molecule has 2 amide bonds. The van der Waals surface area contributed by atoms with Crippen LogP contribution in [0, 0.1) is 13.8 Å². The van der Waals surface area contributed by atoms with Crippen molar-refractivity contribution in [1.82, 2.24) is 10.2 Å². The number of hydrogen-bond acceptors (Lipinski definition) is 3. The number of likely N-dealkylation sites (tertiary alicyclic amines) is 1. The number of aryl methyl sites for hydroxylation is 2. The summed E-state index contributed by atoms with van der Waals surface area (Å²) in [5.74, 6) is -1.16. The predicted octanol–water partition coefficient (Wildman–Crippen LogP) is 1.84. The normalized spacial score (nSPS) is 18.2. The van der Waals surface area contributed by atoms with Crippen molar-refractivity contribution in [3.05, 3.63) is 29.3 Å². The molecule has 120 valence electrons. The second kappa shape index (κ2) is 7.40. The van der Waals surface area contributed by atoms with Gasteiger partial charge in [-0.3, -0.25) is 14.5 Å². The van der Waals surface area contributed by atoms with E-state index in [0.717, 1.165) is 42.7 Å². The molecule has 2 rings (SSSR count). The number of hydrogen-bond donors (Lipinski definition) is 2. The summed E-state index contributed by atoms with van der Waals surface area (Å²) in [6.07, 6.45) is 2.23. The van der Waals surface area contributed by atoms with Gasteiger partial charge in [-0.1, -0.05) is 25.1 Å².